The van der Waals surface area contributed by atoms with Crippen LogP contribution in [0.15, 0.2) is 30.6 Å². The number of piperidine rings is 1. The Bertz CT molecular complexity index is 2080. The van der Waals surface area contributed by atoms with E-state index in [-0.39, 0.29) is 42.7 Å². The van der Waals surface area contributed by atoms with Crippen molar-refractivity contribution >= 4 is 40.2 Å². The zero-order valence-corrected chi connectivity index (χ0v) is 28.3. The minimum atomic E-state index is -4.72. The molecule has 2 bridgehead atoms. The van der Waals surface area contributed by atoms with Gasteiger partial charge in [0, 0.05) is 54.7 Å². The number of Topliss-reactive ketones (excluding diaryl/α,β-unsaturated/α-hetero) is 1. The van der Waals surface area contributed by atoms with Crippen LogP contribution in [-0.4, -0.2) is 76.7 Å². The fourth-order valence-corrected chi connectivity index (χ4v) is 7.31. The number of ketones is 1. The topological polar surface area (TPSA) is 165 Å². The molecule has 13 nitrogen and oxygen atoms in total. The molecule has 0 unspecified atom stereocenters. The van der Waals surface area contributed by atoms with E-state index >= 15 is 0 Å². The van der Waals surface area contributed by atoms with Crippen LogP contribution >= 0.6 is 0 Å². The van der Waals surface area contributed by atoms with E-state index in [1.807, 2.05) is 0 Å². The number of aromatic nitrogens is 6. The highest BCUT2D eigenvalue weighted by molar-refractivity contribution is 6.06. The lowest BCUT2D eigenvalue weighted by Gasteiger charge is -2.27. The summed E-state index contributed by atoms with van der Waals surface area (Å²) in [5.41, 5.74) is 1.05. The normalized spacial score (nSPS) is 22.4. The van der Waals surface area contributed by atoms with Crippen LogP contribution in [0.5, 0.6) is 0 Å². The lowest BCUT2D eigenvalue weighted by Crippen LogP contribution is -2.47. The Morgan fingerprint density at radius 3 is 2.49 bits per heavy atom. The molecule has 4 aromatic heterocycles. The van der Waals surface area contributed by atoms with Crippen molar-refractivity contribution in [2.75, 3.05) is 11.9 Å². The van der Waals surface area contributed by atoms with Crippen LogP contribution < -0.4 is 10.6 Å². The molecule has 2 aliphatic heterocycles. The molecule has 3 amide bonds. The highest BCUT2D eigenvalue weighted by Gasteiger charge is 2.67. The molecule has 3 aliphatic rings. The van der Waals surface area contributed by atoms with E-state index in [9.17, 15) is 32.3 Å². The lowest BCUT2D eigenvalue weighted by atomic mass is 9.98. The molecular formula is C35H36F3N9O4. The van der Waals surface area contributed by atoms with E-state index in [0.717, 1.165) is 12.5 Å². The van der Waals surface area contributed by atoms with E-state index in [2.05, 4.69) is 30.7 Å². The van der Waals surface area contributed by atoms with Crippen molar-refractivity contribution in [3.8, 4) is 11.3 Å². The summed E-state index contributed by atoms with van der Waals surface area (Å²) in [6.45, 7) is 4.62. The molecule has 1 aliphatic carbocycles. The maximum Gasteiger partial charge on any atom is 0.433 e. The van der Waals surface area contributed by atoms with Crippen molar-refractivity contribution in [2.45, 2.75) is 90.5 Å². The summed E-state index contributed by atoms with van der Waals surface area (Å²) in [6, 6.07) is 2.35. The largest absolute Gasteiger partial charge is 0.433 e. The van der Waals surface area contributed by atoms with E-state index in [1.165, 1.54) is 29.5 Å². The first-order valence-electron chi connectivity index (χ1n) is 16.9. The van der Waals surface area contributed by atoms with Gasteiger partial charge in [-0.15, -0.1) is 0 Å². The predicted molar refractivity (Wildman–Crippen MR) is 177 cm³/mol. The zero-order valence-electron chi connectivity index (χ0n) is 28.3. The van der Waals surface area contributed by atoms with Gasteiger partial charge < -0.3 is 15.5 Å². The molecule has 1 saturated carbocycles. The molecule has 0 spiro atoms. The molecule has 1 saturated heterocycles. The van der Waals surface area contributed by atoms with Gasteiger partial charge in [0.2, 0.25) is 17.7 Å². The SMILES string of the molecule is CC(=O)c1nn2c3c(nc(-c4cnc(C)nc4)cc13)CCCCCC(=O)NC[C@@]13C[C@@H](C(=O)Nc4nc(C(F)(F)F)ccc4C)N(C(=O)C2)[C@@H]1C3. The Morgan fingerprint density at radius 2 is 1.76 bits per heavy atom. The molecule has 51 heavy (non-hydrogen) atoms. The highest BCUT2D eigenvalue weighted by Crippen LogP contribution is 2.59. The van der Waals surface area contributed by atoms with Gasteiger partial charge in [0.25, 0.3) is 0 Å². The molecule has 266 valence electrons. The number of carbonyl (C=O) groups excluding carboxylic acids is 4. The van der Waals surface area contributed by atoms with Gasteiger partial charge in [0.05, 0.1) is 16.9 Å². The third kappa shape index (κ3) is 6.54. The van der Waals surface area contributed by atoms with E-state index in [1.54, 1.807) is 25.4 Å². The summed E-state index contributed by atoms with van der Waals surface area (Å²) in [5.74, 6) is -1.26. The van der Waals surface area contributed by atoms with Crippen LogP contribution in [-0.2, 0) is 33.5 Å². The Kier molecular flexibility index (Phi) is 8.58. The molecular weight excluding hydrogens is 667 g/mol. The number of rotatable bonds is 4. The van der Waals surface area contributed by atoms with Crippen molar-refractivity contribution in [3.05, 3.63) is 59.1 Å². The fraction of sp³-hybridized carbons (Fsp3) is 0.457. The molecule has 4 aromatic rings. The number of hydrogen-bond acceptors (Lipinski definition) is 9. The summed E-state index contributed by atoms with van der Waals surface area (Å²) in [6.07, 6.45) is 2.12. The highest BCUT2D eigenvalue weighted by atomic mass is 19.4. The smallest absolute Gasteiger partial charge is 0.355 e. The quantitative estimate of drug-likeness (QED) is 0.294. The van der Waals surface area contributed by atoms with Crippen LogP contribution in [0.4, 0.5) is 19.0 Å². The number of pyridine rings is 2. The number of nitrogens with one attached hydrogen (secondary N) is 2. The van der Waals surface area contributed by atoms with Crippen LogP contribution in [0.25, 0.3) is 22.2 Å². The van der Waals surface area contributed by atoms with Gasteiger partial charge in [0.15, 0.2) is 5.78 Å². The van der Waals surface area contributed by atoms with Gasteiger partial charge in [-0.3, -0.25) is 28.8 Å². The molecule has 7 rings (SSSR count). The number of alkyl halides is 3. The number of amides is 3. The van der Waals surface area contributed by atoms with E-state index < -0.39 is 41.2 Å². The third-order valence-electron chi connectivity index (χ3n) is 10.1. The Labute approximate surface area is 290 Å². The predicted octanol–water partition coefficient (Wildman–Crippen LogP) is 4.35. The molecule has 6 heterocycles. The Balaban J connectivity index is 1.28. The molecule has 0 radical (unpaired) electrons. The number of aryl methyl sites for hydroxylation is 3. The van der Waals surface area contributed by atoms with Crippen LogP contribution in [0.2, 0.25) is 0 Å². The van der Waals surface area contributed by atoms with Crippen LogP contribution in [0, 0.1) is 19.3 Å². The molecule has 3 atom stereocenters. The first kappa shape index (κ1) is 34.2. The molecule has 2 N–H and O–H groups in total. The van der Waals surface area contributed by atoms with Crippen molar-refractivity contribution < 1.29 is 32.3 Å². The summed E-state index contributed by atoms with van der Waals surface area (Å²) in [7, 11) is 0. The minimum Gasteiger partial charge on any atom is -0.355 e. The number of carbonyl (C=O) groups is 4. The van der Waals surface area contributed by atoms with Crippen molar-refractivity contribution in [1.29, 1.82) is 0 Å². The molecule has 16 heteroatoms. The maximum atomic E-state index is 14.3. The van der Waals surface area contributed by atoms with Gasteiger partial charge in [-0.25, -0.2) is 15.0 Å². The zero-order chi connectivity index (χ0) is 36.2. The fourth-order valence-electron chi connectivity index (χ4n) is 7.31. The lowest BCUT2D eigenvalue weighted by molar-refractivity contribution is -0.141. The second kappa shape index (κ2) is 12.8. The van der Waals surface area contributed by atoms with Crippen LogP contribution in [0.3, 0.4) is 0 Å². The van der Waals surface area contributed by atoms with Gasteiger partial charge >= 0.3 is 6.18 Å². The third-order valence-corrected chi connectivity index (χ3v) is 10.1. The van der Waals surface area contributed by atoms with Crippen molar-refractivity contribution in [3.63, 3.8) is 0 Å². The first-order valence-corrected chi connectivity index (χ1v) is 16.9. The second-order valence-electron chi connectivity index (χ2n) is 13.7. The van der Waals surface area contributed by atoms with Gasteiger partial charge in [-0.2, -0.15) is 18.3 Å². The Morgan fingerprint density at radius 1 is 1.02 bits per heavy atom. The van der Waals surface area contributed by atoms with Gasteiger partial charge in [0.1, 0.15) is 35.6 Å². The second-order valence-corrected chi connectivity index (χ2v) is 13.7. The summed E-state index contributed by atoms with van der Waals surface area (Å²) >= 11 is 0. The summed E-state index contributed by atoms with van der Waals surface area (Å²) in [4.78, 5) is 72.6. The Hall–Kier alpha value is -5.28. The number of nitrogens with zero attached hydrogens (tertiary/aromatic N) is 7. The van der Waals surface area contributed by atoms with E-state index in [0.29, 0.717) is 71.3 Å². The monoisotopic (exact) mass is 703 g/mol. The van der Waals surface area contributed by atoms with Gasteiger partial charge in [-0.1, -0.05) is 12.5 Å². The summed E-state index contributed by atoms with van der Waals surface area (Å²) in [5, 5.41) is 10.6. The average molecular weight is 704 g/mol. The standard InChI is InChI=1S/C35H36F3N9O4/c1-18-9-10-26(35(36,37)38)43-32(18)44-33(51)25-12-34-13-27(34)47(25)29(50)16-46-31-22(30(45-46)19(2)48)11-24(21-14-39-20(3)40-15-21)42-23(31)7-5-4-6-8-28(49)41-17-34/h9-11,14-15,25,27H,4-8,12-13,16-17H2,1-3H3,(H,41,49)(H,43,44,51)/t25-,27+,34-/m0/s1. The first-order chi connectivity index (χ1) is 24.2. The average Bonchev–Trinajstić information content (AvgIpc) is 3.49. The number of halogens is 3. The van der Waals surface area contributed by atoms with Crippen molar-refractivity contribution in [2.24, 2.45) is 5.41 Å². The maximum absolute atomic E-state index is 14.3. The van der Waals surface area contributed by atoms with E-state index in [4.69, 9.17) is 4.98 Å². The van der Waals surface area contributed by atoms with Crippen LogP contribution in [0.1, 0.15) is 78.7 Å². The number of anilines is 1. The summed E-state index contributed by atoms with van der Waals surface area (Å²) < 4.78 is 41.9. The number of hydrogen-bond donors (Lipinski definition) is 2. The minimum absolute atomic E-state index is 0.136. The van der Waals surface area contributed by atoms with Gasteiger partial charge in [-0.05, 0) is 63.6 Å². The van der Waals surface area contributed by atoms with Crippen molar-refractivity contribution in [1.82, 2.24) is 39.9 Å². The molecule has 0 aromatic carbocycles. The molecule has 2 fully saturated rings.